The number of halogens is 2. The molecule has 1 atom stereocenters. The van der Waals surface area contributed by atoms with Crippen LogP contribution in [0.25, 0.3) is 11.1 Å². The van der Waals surface area contributed by atoms with Crippen LogP contribution in [0.2, 0.25) is 10.0 Å². The Hall–Kier alpha value is -3.74. The summed E-state index contributed by atoms with van der Waals surface area (Å²) in [5.41, 5.74) is 28.8. The summed E-state index contributed by atoms with van der Waals surface area (Å²) < 4.78 is 12.3. The van der Waals surface area contributed by atoms with Crippen LogP contribution in [-0.2, 0) is 0 Å². The van der Waals surface area contributed by atoms with Gasteiger partial charge in [-0.15, -0.1) is 0 Å². The number of benzene rings is 4. The number of anilines is 4. The highest BCUT2D eigenvalue weighted by molar-refractivity contribution is 6.35. The van der Waals surface area contributed by atoms with Crippen molar-refractivity contribution in [3.63, 3.8) is 0 Å². The van der Waals surface area contributed by atoms with Gasteiger partial charge < -0.3 is 32.4 Å². The Morgan fingerprint density at radius 3 is 1.95 bits per heavy atom. The largest absolute Gasteiger partial charge is 0.494 e. The molecular formula is C29H30Cl2N4O2. The summed E-state index contributed by atoms with van der Waals surface area (Å²) in [6.07, 6.45) is 2.07. The maximum absolute atomic E-state index is 6.59. The van der Waals surface area contributed by atoms with E-state index < -0.39 is 0 Å². The first-order valence-electron chi connectivity index (χ1n) is 11.9. The van der Waals surface area contributed by atoms with Crippen molar-refractivity contribution in [3.8, 4) is 22.6 Å². The summed E-state index contributed by atoms with van der Waals surface area (Å²) in [4.78, 5) is 0. The second-order valence-electron chi connectivity index (χ2n) is 8.79. The second kappa shape index (κ2) is 12.0. The summed E-state index contributed by atoms with van der Waals surface area (Å²) in [7, 11) is 0. The van der Waals surface area contributed by atoms with Crippen molar-refractivity contribution in [2.24, 2.45) is 0 Å². The zero-order chi connectivity index (χ0) is 26.4. The molecule has 0 saturated heterocycles. The molecule has 0 amide bonds. The number of rotatable bonds is 10. The van der Waals surface area contributed by atoms with Crippen molar-refractivity contribution in [1.82, 2.24) is 0 Å². The Morgan fingerprint density at radius 1 is 0.649 bits per heavy atom. The fraction of sp³-hybridized carbons (Fsp3) is 0.172. The standard InChI is InChI=1S/C29H30Cl2N4O2/c30-25-17-28(35)24(16-23(25)18-4-13-27(34)26(31)15-18)29(37-22-11-7-20(33)8-12-22)3-1-2-14-36-21-9-5-19(32)6-10-21/h4-13,15-17,29H,1-3,14,32-35H2. The highest BCUT2D eigenvalue weighted by Gasteiger charge is 2.20. The molecule has 4 aromatic carbocycles. The number of hydrogen-bond donors (Lipinski definition) is 4. The van der Waals surface area contributed by atoms with Crippen molar-refractivity contribution < 1.29 is 9.47 Å². The Bertz CT molecular complexity index is 1350. The number of hydrogen-bond acceptors (Lipinski definition) is 6. The molecular weight excluding hydrogens is 507 g/mol. The third-order valence-electron chi connectivity index (χ3n) is 6.00. The van der Waals surface area contributed by atoms with Gasteiger partial charge in [-0.1, -0.05) is 29.3 Å². The van der Waals surface area contributed by atoms with Crippen molar-refractivity contribution in [2.45, 2.75) is 25.4 Å². The van der Waals surface area contributed by atoms with E-state index in [1.165, 1.54) is 0 Å². The Kier molecular flexibility index (Phi) is 8.54. The molecule has 4 aromatic rings. The van der Waals surface area contributed by atoms with E-state index in [4.69, 9.17) is 55.6 Å². The average molecular weight is 537 g/mol. The van der Waals surface area contributed by atoms with Crippen LogP contribution in [0, 0.1) is 0 Å². The van der Waals surface area contributed by atoms with Gasteiger partial charge in [-0.25, -0.2) is 0 Å². The quantitative estimate of drug-likeness (QED) is 0.124. The van der Waals surface area contributed by atoms with E-state index in [2.05, 4.69) is 0 Å². The van der Waals surface area contributed by atoms with Gasteiger partial charge in [-0.2, -0.15) is 0 Å². The average Bonchev–Trinajstić information content (AvgIpc) is 2.87. The van der Waals surface area contributed by atoms with Crippen LogP contribution in [0.1, 0.15) is 30.9 Å². The van der Waals surface area contributed by atoms with Gasteiger partial charge in [0.2, 0.25) is 0 Å². The first-order chi connectivity index (χ1) is 17.8. The predicted molar refractivity (Wildman–Crippen MR) is 155 cm³/mol. The van der Waals surface area contributed by atoms with Crippen molar-refractivity contribution in [1.29, 1.82) is 0 Å². The third kappa shape index (κ3) is 6.94. The lowest BCUT2D eigenvalue weighted by Gasteiger charge is -2.23. The normalized spacial score (nSPS) is 11.7. The molecule has 0 radical (unpaired) electrons. The molecule has 4 rings (SSSR count). The summed E-state index contributed by atoms with van der Waals surface area (Å²) in [5, 5.41) is 0.980. The molecule has 0 aliphatic carbocycles. The number of ether oxygens (including phenoxy) is 2. The molecule has 0 aromatic heterocycles. The topological polar surface area (TPSA) is 123 Å². The lowest BCUT2D eigenvalue weighted by molar-refractivity contribution is 0.187. The Morgan fingerprint density at radius 2 is 1.30 bits per heavy atom. The zero-order valence-electron chi connectivity index (χ0n) is 20.3. The molecule has 0 aliphatic rings. The summed E-state index contributed by atoms with van der Waals surface area (Å²) >= 11 is 12.9. The number of nitrogens with two attached hydrogens (primary N) is 4. The molecule has 0 fully saturated rings. The molecule has 37 heavy (non-hydrogen) atoms. The predicted octanol–water partition coefficient (Wildman–Crippen LogP) is 7.36. The smallest absolute Gasteiger partial charge is 0.126 e. The maximum Gasteiger partial charge on any atom is 0.126 e. The van der Waals surface area contributed by atoms with Crippen LogP contribution in [0.5, 0.6) is 11.5 Å². The highest BCUT2D eigenvalue weighted by Crippen LogP contribution is 2.39. The molecule has 192 valence electrons. The molecule has 0 bridgehead atoms. The fourth-order valence-corrected chi connectivity index (χ4v) is 4.44. The minimum atomic E-state index is -0.319. The number of unbranched alkanes of at least 4 members (excludes halogenated alkanes) is 1. The molecule has 6 nitrogen and oxygen atoms in total. The molecule has 8 heteroatoms. The van der Waals surface area contributed by atoms with E-state index in [0.29, 0.717) is 51.6 Å². The van der Waals surface area contributed by atoms with E-state index >= 15 is 0 Å². The molecule has 0 aliphatic heterocycles. The fourth-order valence-electron chi connectivity index (χ4n) is 3.97. The second-order valence-corrected chi connectivity index (χ2v) is 9.60. The van der Waals surface area contributed by atoms with Crippen molar-refractivity contribution >= 4 is 46.0 Å². The van der Waals surface area contributed by atoms with Crippen molar-refractivity contribution in [2.75, 3.05) is 29.5 Å². The van der Waals surface area contributed by atoms with E-state index in [1.807, 2.05) is 48.5 Å². The minimum absolute atomic E-state index is 0.319. The maximum atomic E-state index is 6.59. The third-order valence-corrected chi connectivity index (χ3v) is 6.64. The Labute approximate surface area is 227 Å². The van der Waals surface area contributed by atoms with Gasteiger partial charge in [0.05, 0.1) is 22.3 Å². The van der Waals surface area contributed by atoms with Crippen LogP contribution in [0.3, 0.4) is 0 Å². The van der Waals surface area contributed by atoms with Crippen LogP contribution >= 0.6 is 23.2 Å². The highest BCUT2D eigenvalue weighted by atomic mass is 35.5. The Balaban J connectivity index is 1.54. The van der Waals surface area contributed by atoms with Crippen molar-refractivity contribution in [3.05, 3.63) is 94.5 Å². The SMILES string of the molecule is Nc1ccc(OCCCCC(Oc2ccc(N)cc2)c2cc(-c3ccc(N)c(Cl)c3)c(Cl)cc2N)cc1. The summed E-state index contributed by atoms with van der Waals surface area (Å²) in [6.45, 7) is 0.573. The van der Waals surface area contributed by atoms with Gasteiger partial charge in [-0.05, 0) is 97.6 Å². The van der Waals surface area contributed by atoms with E-state index in [9.17, 15) is 0 Å². The van der Waals surface area contributed by atoms with E-state index in [-0.39, 0.29) is 6.10 Å². The first kappa shape index (κ1) is 26.3. The van der Waals surface area contributed by atoms with Gasteiger partial charge in [0, 0.05) is 28.2 Å². The van der Waals surface area contributed by atoms with Gasteiger partial charge >= 0.3 is 0 Å². The zero-order valence-corrected chi connectivity index (χ0v) is 21.8. The minimum Gasteiger partial charge on any atom is -0.494 e. The lowest BCUT2D eigenvalue weighted by atomic mass is 9.96. The van der Waals surface area contributed by atoms with Crippen LogP contribution < -0.4 is 32.4 Å². The van der Waals surface area contributed by atoms with E-state index in [1.54, 1.807) is 30.3 Å². The first-order valence-corrected chi connectivity index (χ1v) is 12.7. The molecule has 8 N–H and O–H groups in total. The summed E-state index contributed by atoms with van der Waals surface area (Å²) in [5.74, 6) is 1.49. The van der Waals surface area contributed by atoms with E-state index in [0.717, 1.165) is 35.3 Å². The van der Waals surface area contributed by atoms with Crippen LogP contribution in [-0.4, -0.2) is 6.61 Å². The molecule has 0 heterocycles. The van der Waals surface area contributed by atoms with Gasteiger partial charge in [0.1, 0.15) is 17.6 Å². The monoisotopic (exact) mass is 536 g/mol. The van der Waals surface area contributed by atoms with Crippen LogP contribution in [0.4, 0.5) is 22.7 Å². The van der Waals surface area contributed by atoms with Gasteiger partial charge in [0.15, 0.2) is 0 Å². The summed E-state index contributed by atoms with van der Waals surface area (Å²) in [6, 6.07) is 23.8. The van der Waals surface area contributed by atoms with Crippen LogP contribution in [0.15, 0.2) is 78.9 Å². The number of nitrogen functional groups attached to an aromatic ring is 4. The lowest BCUT2D eigenvalue weighted by Crippen LogP contribution is -2.11. The van der Waals surface area contributed by atoms with Gasteiger partial charge in [-0.3, -0.25) is 0 Å². The van der Waals surface area contributed by atoms with Gasteiger partial charge in [0.25, 0.3) is 0 Å². The molecule has 0 spiro atoms. The molecule has 1 unspecified atom stereocenters. The molecule has 0 saturated carbocycles.